The fourth-order valence-corrected chi connectivity index (χ4v) is 3.60. The van der Waals surface area contributed by atoms with Crippen LogP contribution in [0.2, 0.25) is 0 Å². The number of hydrogen-bond donors (Lipinski definition) is 1. The van der Waals surface area contributed by atoms with Gasteiger partial charge in [-0.05, 0) is 43.5 Å². The lowest BCUT2D eigenvalue weighted by molar-refractivity contribution is 0.344. The standard InChI is InChI=1S/C18H21N/c1-18(15-9-4-3-5-10-15)16-11-7-6-8-14(16)12-13-17(18)19-2/h3-11,17,19H,12-13H2,1-2H3. The summed E-state index contributed by atoms with van der Waals surface area (Å²) < 4.78 is 0. The second-order valence-electron chi connectivity index (χ2n) is 5.61. The highest BCUT2D eigenvalue weighted by atomic mass is 14.9. The van der Waals surface area contributed by atoms with Crippen LogP contribution >= 0.6 is 0 Å². The molecule has 1 nitrogen and oxygen atoms in total. The molecule has 0 saturated heterocycles. The number of nitrogens with one attached hydrogen (secondary N) is 1. The van der Waals surface area contributed by atoms with Crippen LogP contribution < -0.4 is 5.32 Å². The van der Waals surface area contributed by atoms with E-state index in [1.54, 1.807) is 0 Å². The van der Waals surface area contributed by atoms with Crippen LogP contribution in [0.5, 0.6) is 0 Å². The summed E-state index contributed by atoms with van der Waals surface area (Å²) in [5.41, 5.74) is 4.44. The summed E-state index contributed by atoms with van der Waals surface area (Å²) in [5.74, 6) is 0. The van der Waals surface area contributed by atoms with E-state index in [2.05, 4.69) is 73.9 Å². The molecular weight excluding hydrogens is 230 g/mol. The van der Waals surface area contributed by atoms with Crippen LogP contribution in [0.1, 0.15) is 30.0 Å². The highest BCUT2D eigenvalue weighted by Gasteiger charge is 2.40. The lowest BCUT2D eigenvalue weighted by Gasteiger charge is -2.43. The smallest absolute Gasteiger partial charge is 0.0330 e. The van der Waals surface area contributed by atoms with Crippen LogP contribution in [0.4, 0.5) is 0 Å². The first kappa shape index (κ1) is 12.4. The minimum Gasteiger partial charge on any atom is -0.316 e. The quantitative estimate of drug-likeness (QED) is 0.861. The number of rotatable bonds is 2. The summed E-state index contributed by atoms with van der Waals surface area (Å²) in [6, 6.07) is 20.3. The molecule has 2 aromatic rings. The summed E-state index contributed by atoms with van der Waals surface area (Å²) in [6.45, 7) is 2.38. The zero-order chi connectivity index (χ0) is 13.3. The normalized spacial score (nSPS) is 25.9. The molecule has 0 aliphatic heterocycles. The van der Waals surface area contributed by atoms with Gasteiger partial charge in [-0.1, -0.05) is 54.6 Å². The van der Waals surface area contributed by atoms with Crippen molar-refractivity contribution in [1.82, 2.24) is 5.32 Å². The van der Waals surface area contributed by atoms with E-state index in [1.807, 2.05) is 0 Å². The van der Waals surface area contributed by atoms with E-state index < -0.39 is 0 Å². The van der Waals surface area contributed by atoms with Gasteiger partial charge in [-0.15, -0.1) is 0 Å². The second kappa shape index (κ2) is 4.82. The average molecular weight is 251 g/mol. The number of benzene rings is 2. The van der Waals surface area contributed by atoms with Gasteiger partial charge in [-0.3, -0.25) is 0 Å². The monoisotopic (exact) mass is 251 g/mol. The van der Waals surface area contributed by atoms with Gasteiger partial charge in [0.05, 0.1) is 0 Å². The summed E-state index contributed by atoms with van der Waals surface area (Å²) in [4.78, 5) is 0. The van der Waals surface area contributed by atoms with Crippen LogP contribution in [0.15, 0.2) is 54.6 Å². The Morgan fingerprint density at radius 3 is 2.42 bits per heavy atom. The van der Waals surface area contributed by atoms with Gasteiger partial charge in [0, 0.05) is 11.5 Å². The van der Waals surface area contributed by atoms with Crippen LogP contribution in [0, 0.1) is 0 Å². The first-order valence-corrected chi connectivity index (χ1v) is 7.08. The van der Waals surface area contributed by atoms with Crippen molar-refractivity contribution in [2.45, 2.75) is 31.2 Å². The Morgan fingerprint density at radius 2 is 1.68 bits per heavy atom. The molecule has 2 atom stereocenters. The SMILES string of the molecule is CNC1CCc2ccccc2C1(C)c1ccccc1. The van der Waals surface area contributed by atoms with E-state index in [4.69, 9.17) is 0 Å². The Labute approximate surface area is 115 Å². The molecule has 98 valence electrons. The van der Waals surface area contributed by atoms with Crippen molar-refractivity contribution in [2.75, 3.05) is 7.05 Å². The molecule has 1 N–H and O–H groups in total. The molecule has 0 bridgehead atoms. The first-order valence-electron chi connectivity index (χ1n) is 7.08. The maximum atomic E-state index is 3.53. The molecule has 3 rings (SSSR count). The molecule has 0 spiro atoms. The highest BCUT2D eigenvalue weighted by molar-refractivity contribution is 5.47. The molecule has 0 amide bonds. The summed E-state index contributed by atoms with van der Waals surface area (Å²) in [7, 11) is 2.08. The molecule has 0 heterocycles. The van der Waals surface area contributed by atoms with Crippen molar-refractivity contribution in [3.8, 4) is 0 Å². The van der Waals surface area contributed by atoms with Crippen molar-refractivity contribution in [1.29, 1.82) is 0 Å². The Balaban J connectivity index is 2.20. The van der Waals surface area contributed by atoms with Crippen LogP contribution in [-0.2, 0) is 11.8 Å². The van der Waals surface area contributed by atoms with Crippen molar-refractivity contribution >= 4 is 0 Å². The van der Waals surface area contributed by atoms with Gasteiger partial charge >= 0.3 is 0 Å². The van der Waals surface area contributed by atoms with E-state index in [0.717, 1.165) is 0 Å². The lowest BCUT2D eigenvalue weighted by atomic mass is 9.64. The zero-order valence-electron chi connectivity index (χ0n) is 11.7. The van der Waals surface area contributed by atoms with Crippen LogP contribution in [0.3, 0.4) is 0 Å². The molecule has 1 heteroatoms. The number of aryl methyl sites for hydroxylation is 1. The average Bonchev–Trinajstić information content (AvgIpc) is 2.49. The van der Waals surface area contributed by atoms with E-state index in [9.17, 15) is 0 Å². The molecular formula is C18H21N. The van der Waals surface area contributed by atoms with Crippen molar-refractivity contribution in [2.24, 2.45) is 0 Å². The van der Waals surface area contributed by atoms with Gasteiger partial charge in [0.1, 0.15) is 0 Å². The maximum absolute atomic E-state index is 3.53. The molecule has 1 aliphatic carbocycles. The zero-order valence-corrected chi connectivity index (χ0v) is 11.7. The van der Waals surface area contributed by atoms with Gasteiger partial charge < -0.3 is 5.32 Å². The van der Waals surface area contributed by atoms with E-state index >= 15 is 0 Å². The minimum atomic E-state index is 0.0604. The van der Waals surface area contributed by atoms with Crippen LogP contribution in [-0.4, -0.2) is 13.1 Å². The predicted octanol–water partition coefficient (Wildman–Crippen LogP) is 3.53. The Bertz CT molecular complexity index is 561. The van der Waals surface area contributed by atoms with Gasteiger partial charge in [0.2, 0.25) is 0 Å². The number of hydrogen-bond acceptors (Lipinski definition) is 1. The third-order valence-corrected chi connectivity index (χ3v) is 4.70. The van der Waals surface area contributed by atoms with Gasteiger partial charge in [-0.25, -0.2) is 0 Å². The maximum Gasteiger partial charge on any atom is 0.0330 e. The van der Waals surface area contributed by atoms with Crippen molar-refractivity contribution in [3.05, 3.63) is 71.3 Å². The largest absolute Gasteiger partial charge is 0.316 e. The van der Waals surface area contributed by atoms with Gasteiger partial charge in [0.25, 0.3) is 0 Å². The third-order valence-electron chi connectivity index (χ3n) is 4.70. The Morgan fingerprint density at radius 1 is 1.00 bits per heavy atom. The van der Waals surface area contributed by atoms with E-state index in [1.165, 1.54) is 29.5 Å². The van der Waals surface area contributed by atoms with Gasteiger partial charge in [0.15, 0.2) is 0 Å². The first-order chi connectivity index (χ1) is 9.26. The molecule has 1 aliphatic rings. The van der Waals surface area contributed by atoms with Gasteiger partial charge in [-0.2, -0.15) is 0 Å². The fourth-order valence-electron chi connectivity index (χ4n) is 3.60. The summed E-state index contributed by atoms with van der Waals surface area (Å²) in [5, 5.41) is 3.53. The van der Waals surface area contributed by atoms with Crippen molar-refractivity contribution in [3.63, 3.8) is 0 Å². The third kappa shape index (κ3) is 1.89. The predicted molar refractivity (Wildman–Crippen MR) is 80.5 cm³/mol. The second-order valence-corrected chi connectivity index (χ2v) is 5.61. The minimum absolute atomic E-state index is 0.0604. The molecule has 0 saturated carbocycles. The summed E-state index contributed by atoms with van der Waals surface area (Å²) in [6.07, 6.45) is 2.36. The van der Waals surface area contributed by atoms with E-state index in [0.29, 0.717) is 6.04 Å². The molecule has 19 heavy (non-hydrogen) atoms. The molecule has 0 aromatic heterocycles. The Hall–Kier alpha value is -1.60. The van der Waals surface area contributed by atoms with Crippen molar-refractivity contribution < 1.29 is 0 Å². The summed E-state index contributed by atoms with van der Waals surface area (Å²) >= 11 is 0. The number of fused-ring (bicyclic) bond motifs is 1. The molecule has 2 unspecified atom stereocenters. The Kier molecular flexibility index (Phi) is 3.16. The van der Waals surface area contributed by atoms with E-state index in [-0.39, 0.29) is 5.41 Å². The lowest BCUT2D eigenvalue weighted by Crippen LogP contribution is -2.49. The number of likely N-dealkylation sites (N-methyl/N-ethyl adjacent to an activating group) is 1. The topological polar surface area (TPSA) is 12.0 Å². The fraction of sp³-hybridized carbons (Fsp3) is 0.333. The molecule has 0 fully saturated rings. The molecule has 2 aromatic carbocycles. The highest BCUT2D eigenvalue weighted by Crippen LogP contribution is 2.42. The van der Waals surface area contributed by atoms with Crippen LogP contribution in [0.25, 0.3) is 0 Å². The molecule has 0 radical (unpaired) electrons.